The zero-order valence-electron chi connectivity index (χ0n) is 8.45. The molecule has 2 aliphatic heterocycles. The fraction of sp³-hybridized carbons (Fsp3) is 1.00. The Morgan fingerprint density at radius 3 is 2.31 bits per heavy atom. The summed E-state index contributed by atoms with van der Waals surface area (Å²) >= 11 is 0. The Balaban J connectivity index is 2.32. The minimum atomic E-state index is -0.544. The molecule has 0 aromatic rings. The Morgan fingerprint density at radius 1 is 1.23 bits per heavy atom. The van der Waals surface area contributed by atoms with Crippen molar-refractivity contribution in [3.63, 3.8) is 0 Å². The van der Waals surface area contributed by atoms with E-state index in [0.29, 0.717) is 12.8 Å². The quantitative estimate of drug-likeness (QED) is 0.585. The maximum Gasteiger partial charge on any atom is 0.0944 e. The van der Waals surface area contributed by atoms with Gasteiger partial charge in [-0.25, -0.2) is 0 Å². The Kier molecular flexibility index (Phi) is 1.79. The highest BCUT2D eigenvalue weighted by Crippen LogP contribution is 2.49. The molecule has 3 heteroatoms. The van der Waals surface area contributed by atoms with Crippen LogP contribution in [0, 0.1) is 5.92 Å². The number of hydrogen-bond acceptors (Lipinski definition) is 3. The summed E-state index contributed by atoms with van der Waals surface area (Å²) in [7, 11) is 0. The van der Waals surface area contributed by atoms with E-state index in [9.17, 15) is 10.2 Å². The Bertz CT molecular complexity index is 226. The second kappa shape index (κ2) is 2.47. The van der Waals surface area contributed by atoms with E-state index >= 15 is 0 Å². The summed E-state index contributed by atoms with van der Waals surface area (Å²) in [5.74, 6) is 0.0734. The Labute approximate surface area is 78.7 Å². The van der Waals surface area contributed by atoms with Gasteiger partial charge in [0, 0.05) is 12.3 Å². The highest BCUT2D eigenvalue weighted by molar-refractivity contribution is 5.06. The summed E-state index contributed by atoms with van der Waals surface area (Å²) < 4.78 is 5.83. The number of rotatable bonds is 0. The molecule has 1 aliphatic carbocycles. The number of aliphatic hydroxyl groups excluding tert-OH is 2. The van der Waals surface area contributed by atoms with Crippen LogP contribution in [0.25, 0.3) is 0 Å². The van der Waals surface area contributed by atoms with Gasteiger partial charge in [-0.3, -0.25) is 0 Å². The second-order valence-corrected chi connectivity index (χ2v) is 5.15. The van der Waals surface area contributed by atoms with Crippen LogP contribution in [-0.4, -0.2) is 33.6 Å². The normalized spacial score (nSPS) is 53.8. The number of ether oxygens (including phenoxy) is 1. The van der Waals surface area contributed by atoms with Gasteiger partial charge >= 0.3 is 0 Å². The molecule has 0 radical (unpaired) electrons. The third-order valence-electron chi connectivity index (χ3n) is 3.65. The van der Waals surface area contributed by atoms with Crippen molar-refractivity contribution in [3.8, 4) is 0 Å². The van der Waals surface area contributed by atoms with E-state index in [4.69, 9.17) is 4.74 Å². The fourth-order valence-electron chi connectivity index (χ4n) is 2.87. The van der Waals surface area contributed by atoms with Crippen molar-refractivity contribution >= 4 is 0 Å². The van der Waals surface area contributed by atoms with Gasteiger partial charge in [0.1, 0.15) is 0 Å². The van der Waals surface area contributed by atoms with Crippen LogP contribution in [0.2, 0.25) is 0 Å². The van der Waals surface area contributed by atoms with Crippen LogP contribution in [-0.2, 0) is 4.74 Å². The molecule has 0 aromatic carbocycles. The molecule has 2 N–H and O–H groups in total. The molecule has 0 unspecified atom stereocenters. The van der Waals surface area contributed by atoms with E-state index in [2.05, 4.69) is 0 Å². The van der Waals surface area contributed by atoms with Crippen LogP contribution < -0.4 is 0 Å². The lowest BCUT2D eigenvalue weighted by molar-refractivity contribution is -0.300. The topological polar surface area (TPSA) is 49.7 Å². The van der Waals surface area contributed by atoms with Crippen LogP contribution in [0.3, 0.4) is 0 Å². The highest BCUT2D eigenvalue weighted by Gasteiger charge is 2.57. The zero-order valence-corrected chi connectivity index (χ0v) is 8.45. The lowest BCUT2D eigenvalue weighted by atomic mass is 9.66. The monoisotopic (exact) mass is 186 g/mol. The number of fused-ring (bicyclic) bond motifs is 3. The van der Waals surface area contributed by atoms with Crippen molar-refractivity contribution in [2.75, 3.05) is 0 Å². The second-order valence-electron chi connectivity index (χ2n) is 5.15. The van der Waals surface area contributed by atoms with E-state index in [1.54, 1.807) is 0 Å². The first-order valence-corrected chi connectivity index (χ1v) is 4.91. The minimum absolute atomic E-state index is 0.0734. The Morgan fingerprint density at radius 2 is 1.85 bits per heavy atom. The highest BCUT2D eigenvalue weighted by atomic mass is 16.5. The van der Waals surface area contributed by atoms with Crippen molar-refractivity contribution in [1.29, 1.82) is 0 Å². The van der Waals surface area contributed by atoms with Gasteiger partial charge in [-0.15, -0.1) is 0 Å². The maximum atomic E-state index is 9.83. The molecule has 2 heterocycles. The van der Waals surface area contributed by atoms with Gasteiger partial charge < -0.3 is 14.9 Å². The predicted molar refractivity (Wildman–Crippen MR) is 48.3 cm³/mol. The number of aliphatic hydroxyl groups is 2. The molecule has 0 aromatic heterocycles. The van der Waals surface area contributed by atoms with Crippen molar-refractivity contribution in [1.82, 2.24) is 0 Å². The molecule has 3 aliphatic rings. The molecule has 0 spiro atoms. The van der Waals surface area contributed by atoms with Gasteiger partial charge in [0.15, 0.2) is 0 Å². The molecule has 3 nitrogen and oxygen atoms in total. The average molecular weight is 186 g/mol. The molecular weight excluding hydrogens is 168 g/mol. The van der Waals surface area contributed by atoms with Crippen LogP contribution in [0.1, 0.15) is 33.6 Å². The third-order valence-corrected chi connectivity index (χ3v) is 3.65. The van der Waals surface area contributed by atoms with Gasteiger partial charge in [0.05, 0.1) is 23.4 Å². The molecule has 76 valence electrons. The molecule has 13 heavy (non-hydrogen) atoms. The molecule has 4 atom stereocenters. The van der Waals surface area contributed by atoms with Crippen LogP contribution in [0.15, 0.2) is 0 Å². The zero-order chi connectivity index (χ0) is 9.85. The smallest absolute Gasteiger partial charge is 0.0944 e. The fourth-order valence-corrected chi connectivity index (χ4v) is 2.87. The van der Waals surface area contributed by atoms with Gasteiger partial charge in [-0.2, -0.15) is 0 Å². The van der Waals surface area contributed by atoms with Crippen molar-refractivity contribution in [2.45, 2.75) is 57.0 Å². The van der Waals surface area contributed by atoms with Crippen LogP contribution in [0.4, 0.5) is 0 Å². The van der Waals surface area contributed by atoms with E-state index in [1.165, 1.54) is 0 Å². The van der Waals surface area contributed by atoms with E-state index in [-0.39, 0.29) is 17.6 Å². The molecule has 2 saturated heterocycles. The maximum absolute atomic E-state index is 9.83. The van der Waals surface area contributed by atoms with Gasteiger partial charge in [-0.1, -0.05) is 0 Å². The summed E-state index contributed by atoms with van der Waals surface area (Å²) in [6, 6.07) is 0. The summed E-state index contributed by atoms with van der Waals surface area (Å²) in [5, 5.41) is 19.6. The summed E-state index contributed by atoms with van der Waals surface area (Å²) in [6.45, 7) is 5.87. The molecular formula is C10H18O3. The first kappa shape index (κ1) is 9.44. The van der Waals surface area contributed by atoms with E-state index in [1.807, 2.05) is 20.8 Å². The summed E-state index contributed by atoms with van der Waals surface area (Å²) in [5.41, 5.74) is -0.844. The lowest BCUT2D eigenvalue weighted by Crippen LogP contribution is -2.66. The predicted octanol–water partition coefficient (Wildman–Crippen LogP) is 0.686. The SMILES string of the molecule is CC1(C)O[C@@]2(C)C[C@@H](O)[C@@H]1C[C@H]2O. The van der Waals surface area contributed by atoms with Gasteiger partial charge in [0.25, 0.3) is 0 Å². The molecule has 3 fully saturated rings. The van der Waals surface area contributed by atoms with Gasteiger partial charge in [-0.05, 0) is 27.2 Å². The first-order valence-electron chi connectivity index (χ1n) is 4.91. The lowest BCUT2D eigenvalue weighted by Gasteiger charge is -2.58. The summed E-state index contributed by atoms with van der Waals surface area (Å²) in [6.07, 6.45) is 0.471. The molecule has 0 amide bonds. The van der Waals surface area contributed by atoms with Crippen molar-refractivity contribution in [3.05, 3.63) is 0 Å². The van der Waals surface area contributed by atoms with E-state index < -0.39 is 11.7 Å². The Hall–Kier alpha value is -0.120. The largest absolute Gasteiger partial charge is 0.393 e. The first-order chi connectivity index (χ1) is 5.85. The average Bonchev–Trinajstić information content (AvgIpc) is 1.92. The van der Waals surface area contributed by atoms with Gasteiger partial charge in [0.2, 0.25) is 0 Å². The standard InChI is InChI=1S/C10H18O3/c1-9(2)6-4-8(12)10(3,13-9)5-7(6)11/h6-8,11-12H,4-5H2,1-3H3/t6-,7+,8+,10-/m0/s1. The van der Waals surface area contributed by atoms with Crippen molar-refractivity contribution < 1.29 is 14.9 Å². The third kappa shape index (κ3) is 1.22. The van der Waals surface area contributed by atoms with Crippen LogP contribution >= 0.6 is 0 Å². The molecule has 3 rings (SSSR count). The van der Waals surface area contributed by atoms with E-state index in [0.717, 1.165) is 0 Å². The van der Waals surface area contributed by atoms with Crippen molar-refractivity contribution in [2.24, 2.45) is 5.92 Å². The molecule has 2 bridgehead atoms. The number of hydrogen-bond donors (Lipinski definition) is 2. The molecule has 1 saturated carbocycles. The van der Waals surface area contributed by atoms with Crippen LogP contribution in [0.5, 0.6) is 0 Å². The summed E-state index contributed by atoms with van der Waals surface area (Å²) in [4.78, 5) is 0. The minimum Gasteiger partial charge on any atom is -0.393 e.